The van der Waals surface area contributed by atoms with E-state index in [1.54, 1.807) is 11.8 Å². The van der Waals surface area contributed by atoms with Crippen molar-refractivity contribution in [1.29, 1.82) is 0 Å². The molecular weight excluding hydrogens is 282 g/mol. The number of aliphatic hydroxyl groups is 1. The number of aryl methyl sites for hydroxylation is 2. The zero-order valence-electron chi connectivity index (χ0n) is 12.5. The Labute approximate surface area is 128 Å². The Hall–Kier alpha value is -2.21. The van der Waals surface area contributed by atoms with Crippen LogP contribution in [0.2, 0.25) is 0 Å². The summed E-state index contributed by atoms with van der Waals surface area (Å²) in [5, 5.41) is 13.1. The second kappa shape index (κ2) is 6.27. The van der Waals surface area contributed by atoms with E-state index in [2.05, 4.69) is 22.3 Å². The average Bonchev–Trinajstić information content (AvgIpc) is 2.98. The number of benzene rings is 1. The maximum absolute atomic E-state index is 12.7. The van der Waals surface area contributed by atoms with Gasteiger partial charge in [-0.25, -0.2) is 0 Å². The molecule has 1 amide bonds. The summed E-state index contributed by atoms with van der Waals surface area (Å²) in [5.74, 6) is 0.109. The summed E-state index contributed by atoms with van der Waals surface area (Å²) in [6, 6.07) is 8.10. The molecule has 0 saturated heterocycles. The van der Waals surface area contributed by atoms with E-state index in [-0.39, 0.29) is 30.9 Å². The van der Waals surface area contributed by atoms with Gasteiger partial charge in [0.2, 0.25) is 5.89 Å². The van der Waals surface area contributed by atoms with Crippen LogP contribution in [0, 0.1) is 6.92 Å². The van der Waals surface area contributed by atoms with Gasteiger partial charge in [0.05, 0.1) is 12.6 Å². The second-order valence-corrected chi connectivity index (χ2v) is 5.47. The summed E-state index contributed by atoms with van der Waals surface area (Å²) in [6.07, 6.45) is 2.91. The summed E-state index contributed by atoms with van der Waals surface area (Å²) < 4.78 is 4.90. The van der Waals surface area contributed by atoms with Gasteiger partial charge in [0.25, 0.3) is 11.7 Å². The molecule has 0 bridgehead atoms. The van der Waals surface area contributed by atoms with Crippen molar-refractivity contribution in [3.05, 3.63) is 47.1 Å². The highest BCUT2D eigenvalue weighted by Crippen LogP contribution is 2.34. The molecule has 22 heavy (non-hydrogen) atoms. The Morgan fingerprint density at radius 1 is 1.45 bits per heavy atom. The van der Waals surface area contributed by atoms with E-state index in [1.807, 2.05) is 12.1 Å². The molecule has 1 heterocycles. The molecule has 0 spiro atoms. The molecule has 3 rings (SSSR count). The fourth-order valence-electron chi connectivity index (χ4n) is 3.07. The lowest BCUT2D eigenvalue weighted by Crippen LogP contribution is -2.39. The number of nitrogens with zero attached hydrogens (tertiary/aromatic N) is 3. The van der Waals surface area contributed by atoms with Gasteiger partial charge in [-0.05, 0) is 30.4 Å². The van der Waals surface area contributed by atoms with Gasteiger partial charge in [-0.2, -0.15) is 4.98 Å². The molecule has 1 atom stereocenters. The summed E-state index contributed by atoms with van der Waals surface area (Å²) in [5.41, 5.74) is 2.41. The van der Waals surface area contributed by atoms with E-state index in [1.165, 1.54) is 5.56 Å². The Balaban J connectivity index is 1.93. The second-order valence-electron chi connectivity index (χ2n) is 5.47. The lowest BCUT2D eigenvalue weighted by atomic mass is 9.86. The van der Waals surface area contributed by atoms with E-state index in [0.29, 0.717) is 5.89 Å². The third kappa shape index (κ3) is 2.74. The predicted octanol–water partition coefficient (Wildman–Crippen LogP) is 1.89. The van der Waals surface area contributed by atoms with E-state index < -0.39 is 0 Å². The number of hydrogen-bond acceptors (Lipinski definition) is 5. The minimum absolute atomic E-state index is 0.0500. The number of carbonyl (C=O) groups is 1. The molecule has 6 heteroatoms. The van der Waals surface area contributed by atoms with Gasteiger partial charge in [-0.15, -0.1) is 0 Å². The molecule has 0 radical (unpaired) electrons. The van der Waals surface area contributed by atoms with E-state index in [0.717, 1.165) is 24.8 Å². The van der Waals surface area contributed by atoms with Crippen molar-refractivity contribution >= 4 is 5.91 Å². The molecule has 116 valence electrons. The first-order valence-corrected chi connectivity index (χ1v) is 7.50. The van der Waals surface area contributed by atoms with Crippen molar-refractivity contribution in [2.24, 2.45) is 0 Å². The number of rotatable bonds is 4. The number of carbonyl (C=O) groups excluding carboxylic acids is 1. The van der Waals surface area contributed by atoms with Crippen LogP contribution in [0.15, 0.2) is 28.8 Å². The molecule has 2 aromatic rings. The number of fused-ring (bicyclic) bond motifs is 1. The summed E-state index contributed by atoms with van der Waals surface area (Å²) in [6.45, 7) is 1.81. The Morgan fingerprint density at radius 3 is 3.00 bits per heavy atom. The van der Waals surface area contributed by atoms with Crippen LogP contribution in [-0.4, -0.2) is 39.2 Å². The molecule has 1 aliphatic carbocycles. The largest absolute Gasteiger partial charge is 0.395 e. The monoisotopic (exact) mass is 301 g/mol. The topological polar surface area (TPSA) is 79.5 Å². The molecule has 1 aromatic carbocycles. The van der Waals surface area contributed by atoms with E-state index in [4.69, 9.17) is 4.52 Å². The standard InChI is InChI=1S/C16H19N3O3/c1-11-17-15(18-22-11)16(21)19(9-10-20)14-8-4-6-12-5-2-3-7-13(12)14/h2-3,5,7,14,20H,4,6,8-10H2,1H3. The fraction of sp³-hybridized carbons (Fsp3) is 0.438. The number of aromatic nitrogens is 2. The van der Waals surface area contributed by atoms with Gasteiger partial charge in [0, 0.05) is 13.5 Å². The molecule has 1 aliphatic rings. The number of amides is 1. The normalized spacial score (nSPS) is 17.1. The van der Waals surface area contributed by atoms with Crippen LogP contribution < -0.4 is 0 Å². The smallest absolute Gasteiger partial charge is 0.295 e. The average molecular weight is 301 g/mol. The van der Waals surface area contributed by atoms with Crippen molar-refractivity contribution < 1.29 is 14.4 Å². The maximum atomic E-state index is 12.7. The van der Waals surface area contributed by atoms with E-state index in [9.17, 15) is 9.90 Å². The summed E-state index contributed by atoms with van der Waals surface area (Å²) in [7, 11) is 0. The van der Waals surface area contributed by atoms with Gasteiger partial charge in [0.1, 0.15) is 0 Å². The van der Waals surface area contributed by atoms with Crippen LogP contribution in [-0.2, 0) is 6.42 Å². The molecule has 0 saturated carbocycles. The quantitative estimate of drug-likeness (QED) is 0.933. The summed E-state index contributed by atoms with van der Waals surface area (Å²) >= 11 is 0. The zero-order chi connectivity index (χ0) is 15.5. The first-order chi connectivity index (χ1) is 10.7. The first kappa shape index (κ1) is 14.7. The van der Waals surface area contributed by atoms with Crippen LogP contribution in [0.25, 0.3) is 0 Å². The Kier molecular flexibility index (Phi) is 4.20. The van der Waals surface area contributed by atoms with Crippen LogP contribution in [0.5, 0.6) is 0 Å². The molecule has 1 unspecified atom stereocenters. The molecule has 0 aliphatic heterocycles. The van der Waals surface area contributed by atoms with Crippen molar-refractivity contribution in [2.75, 3.05) is 13.2 Å². The van der Waals surface area contributed by atoms with Gasteiger partial charge in [0.15, 0.2) is 0 Å². The molecular formula is C16H19N3O3. The SMILES string of the molecule is Cc1nc(C(=O)N(CCO)C2CCCc3ccccc32)no1. The predicted molar refractivity (Wildman–Crippen MR) is 79.3 cm³/mol. The highest BCUT2D eigenvalue weighted by atomic mass is 16.5. The Bertz CT molecular complexity index is 668. The van der Waals surface area contributed by atoms with Crippen molar-refractivity contribution in [3.63, 3.8) is 0 Å². The molecule has 1 N–H and O–H groups in total. The highest BCUT2D eigenvalue weighted by Gasteiger charge is 2.31. The molecule has 1 aromatic heterocycles. The van der Waals surface area contributed by atoms with Crippen molar-refractivity contribution in [1.82, 2.24) is 15.0 Å². The minimum atomic E-state index is -0.299. The van der Waals surface area contributed by atoms with Crippen molar-refractivity contribution in [2.45, 2.75) is 32.2 Å². The van der Waals surface area contributed by atoms with Crippen molar-refractivity contribution in [3.8, 4) is 0 Å². The van der Waals surface area contributed by atoms with Gasteiger partial charge >= 0.3 is 0 Å². The lowest BCUT2D eigenvalue weighted by Gasteiger charge is -2.35. The summed E-state index contributed by atoms with van der Waals surface area (Å²) in [4.78, 5) is 18.4. The highest BCUT2D eigenvalue weighted by molar-refractivity contribution is 5.90. The van der Waals surface area contributed by atoms with Crippen LogP contribution in [0.4, 0.5) is 0 Å². The molecule has 0 fully saturated rings. The van der Waals surface area contributed by atoms with Crippen LogP contribution in [0.3, 0.4) is 0 Å². The van der Waals surface area contributed by atoms with Gasteiger partial charge in [-0.3, -0.25) is 4.79 Å². The molecule has 6 nitrogen and oxygen atoms in total. The number of aliphatic hydroxyl groups excluding tert-OH is 1. The Morgan fingerprint density at radius 2 is 2.27 bits per heavy atom. The third-order valence-electron chi connectivity index (χ3n) is 4.03. The lowest BCUT2D eigenvalue weighted by molar-refractivity contribution is 0.0594. The zero-order valence-corrected chi connectivity index (χ0v) is 12.5. The van der Waals surface area contributed by atoms with Gasteiger partial charge < -0.3 is 14.5 Å². The van der Waals surface area contributed by atoms with E-state index >= 15 is 0 Å². The first-order valence-electron chi connectivity index (χ1n) is 7.50. The van der Waals surface area contributed by atoms with Gasteiger partial charge in [-0.1, -0.05) is 29.4 Å². The third-order valence-corrected chi connectivity index (χ3v) is 4.03. The van der Waals surface area contributed by atoms with Crippen LogP contribution >= 0.6 is 0 Å². The maximum Gasteiger partial charge on any atom is 0.295 e. The number of hydrogen-bond donors (Lipinski definition) is 1. The minimum Gasteiger partial charge on any atom is -0.395 e. The fourth-order valence-corrected chi connectivity index (χ4v) is 3.07. The van der Waals surface area contributed by atoms with Crippen LogP contribution in [0.1, 0.15) is 46.5 Å².